The maximum Gasteiger partial charge on any atom is 0.325 e. The number of halogens is 1. The van der Waals surface area contributed by atoms with Crippen molar-refractivity contribution in [2.75, 3.05) is 31.6 Å². The summed E-state index contributed by atoms with van der Waals surface area (Å²) in [7, 11) is 1.69. The molecule has 1 unspecified atom stereocenters. The number of carbonyl (C=O) groups is 1. The molecule has 8 heteroatoms. The van der Waals surface area contributed by atoms with E-state index in [2.05, 4.69) is 29.2 Å². The number of nitrogens with zero attached hydrogens (tertiary/aromatic N) is 5. The number of carbonyl (C=O) groups excluding carboxylic acids is 1. The zero-order valence-electron chi connectivity index (χ0n) is 22.1. The Bertz CT molecular complexity index is 1260. The zero-order valence-corrected chi connectivity index (χ0v) is 22.1. The number of hydrogen-bond acceptors (Lipinski definition) is 4. The van der Waals surface area contributed by atoms with E-state index in [1.165, 1.54) is 12.1 Å². The molecule has 0 aliphatic carbocycles. The molecule has 2 amide bonds. The molecule has 2 aromatic carbocycles. The van der Waals surface area contributed by atoms with Crippen LogP contribution in [0.4, 0.5) is 14.9 Å². The number of hydrogen-bond donors (Lipinski definition) is 0. The fourth-order valence-corrected chi connectivity index (χ4v) is 6.08. The van der Waals surface area contributed by atoms with E-state index in [0.717, 1.165) is 42.9 Å². The van der Waals surface area contributed by atoms with E-state index in [1.807, 2.05) is 58.8 Å². The third kappa shape index (κ3) is 4.59. The Morgan fingerprint density at radius 1 is 1.16 bits per heavy atom. The fourth-order valence-electron chi connectivity index (χ4n) is 6.08. The fraction of sp³-hybridized carbons (Fsp3) is 0.448. The van der Waals surface area contributed by atoms with Gasteiger partial charge in [0.05, 0.1) is 18.8 Å². The Hall–Kier alpha value is -3.39. The molecule has 1 spiro atoms. The Kier molecular flexibility index (Phi) is 6.94. The van der Waals surface area contributed by atoms with Crippen LogP contribution in [-0.4, -0.2) is 63.9 Å². The van der Waals surface area contributed by atoms with Crippen LogP contribution < -0.4 is 9.64 Å². The number of aromatic nitrogens is 2. The van der Waals surface area contributed by atoms with Gasteiger partial charge in [0.1, 0.15) is 11.6 Å². The minimum Gasteiger partial charge on any atom is -0.496 e. The highest BCUT2D eigenvalue weighted by Crippen LogP contribution is 2.49. The summed E-state index contributed by atoms with van der Waals surface area (Å²) in [6, 6.07) is 14.4. The highest BCUT2D eigenvalue weighted by atomic mass is 19.1. The summed E-state index contributed by atoms with van der Waals surface area (Å²) in [6.45, 7) is 9.77. The van der Waals surface area contributed by atoms with Gasteiger partial charge in [-0.05, 0) is 44.5 Å². The van der Waals surface area contributed by atoms with Crippen LogP contribution in [0.15, 0.2) is 60.9 Å². The summed E-state index contributed by atoms with van der Waals surface area (Å²) in [5.41, 5.74) is 2.20. The third-order valence-electron chi connectivity index (χ3n) is 7.66. The van der Waals surface area contributed by atoms with Crippen LogP contribution in [0, 0.1) is 5.82 Å². The molecule has 2 aliphatic heterocycles. The molecule has 37 heavy (non-hydrogen) atoms. The van der Waals surface area contributed by atoms with Gasteiger partial charge in [0, 0.05) is 67.7 Å². The third-order valence-corrected chi connectivity index (χ3v) is 7.66. The second-order valence-corrected chi connectivity index (χ2v) is 10.5. The van der Waals surface area contributed by atoms with Gasteiger partial charge in [-0.2, -0.15) is 5.10 Å². The van der Waals surface area contributed by atoms with Crippen molar-refractivity contribution in [1.82, 2.24) is 19.6 Å². The molecule has 196 valence electrons. The number of amides is 2. The molecule has 0 radical (unpaired) electrons. The molecule has 3 aromatic rings. The molecule has 7 nitrogen and oxygen atoms in total. The summed E-state index contributed by atoms with van der Waals surface area (Å²) in [4.78, 5) is 20.1. The summed E-state index contributed by atoms with van der Waals surface area (Å²) in [6.07, 6.45) is 5.07. The number of ether oxygens (including phenoxy) is 1. The summed E-state index contributed by atoms with van der Waals surface area (Å²) in [5.74, 6) is 0.417. The SMILES string of the molecule is CCCn1cc(CN2CC(c3ccccc3OC)[C@@]3(C2)CN(C(C)C)C(=O)N3c2cccc(F)c2)cn1. The molecule has 3 heterocycles. The monoisotopic (exact) mass is 505 g/mol. The van der Waals surface area contributed by atoms with Crippen molar-refractivity contribution in [3.63, 3.8) is 0 Å². The topological polar surface area (TPSA) is 53.8 Å². The van der Waals surface area contributed by atoms with Crippen LogP contribution in [0.1, 0.15) is 44.2 Å². The number of likely N-dealkylation sites (tertiary alicyclic amines) is 1. The summed E-state index contributed by atoms with van der Waals surface area (Å²) >= 11 is 0. The lowest BCUT2D eigenvalue weighted by Crippen LogP contribution is -2.53. The van der Waals surface area contributed by atoms with E-state index in [4.69, 9.17) is 4.74 Å². The first-order valence-corrected chi connectivity index (χ1v) is 13.1. The highest BCUT2D eigenvalue weighted by Gasteiger charge is 2.60. The predicted molar refractivity (Wildman–Crippen MR) is 142 cm³/mol. The lowest BCUT2D eigenvalue weighted by atomic mass is 9.80. The lowest BCUT2D eigenvalue weighted by molar-refractivity contribution is 0.205. The van der Waals surface area contributed by atoms with Crippen LogP contribution in [0.25, 0.3) is 0 Å². The van der Waals surface area contributed by atoms with Crippen LogP contribution in [0.3, 0.4) is 0 Å². The number of benzene rings is 2. The van der Waals surface area contributed by atoms with Crippen molar-refractivity contribution in [1.29, 1.82) is 0 Å². The van der Waals surface area contributed by atoms with Crippen LogP contribution in [0.5, 0.6) is 5.75 Å². The molecular weight excluding hydrogens is 469 g/mol. The van der Waals surface area contributed by atoms with Gasteiger partial charge in [-0.1, -0.05) is 31.2 Å². The minimum atomic E-state index is -0.594. The first kappa shape index (κ1) is 25.3. The molecule has 1 aromatic heterocycles. The largest absolute Gasteiger partial charge is 0.496 e. The molecule has 5 rings (SSSR count). The van der Waals surface area contributed by atoms with Gasteiger partial charge >= 0.3 is 6.03 Å². The van der Waals surface area contributed by atoms with Crippen molar-refractivity contribution in [3.05, 3.63) is 77.9 Å². The normalized spacial score (nSPS) is 22.1. The van der Waals surface area contributed by atoms with Crippen molar-refractivity contribution < 1.29 is 13.9 Å². The molecule has 0 bridgehead atoms. The molecule has 2 aliphatic rings. The van der Waals surface area contributed by atoms with Gasteiger partial charge in [0.15, 0.2) is 0 Å². The summed E-state index contributed by atoms with van der Waals surface area (Å²) < 4.78 is 22.2. The van der Waals surface area contributed by atoms with Crippen molar-refractivity contribution >= 4 is 11.7 Å². The summed E-state index contributed by atoms with van der Waals surface area (Å²) in [5, 5.41) is 4.52. The van der Waals surface area contributed by atoms with E-state index in [1.54, 1.807) is 13.2 Å². The zero-order chi connectivity index (χ0) is 26.2. The van der Waals surface area contributed by atoms with Gasteiger partial charge in [-0.25, -0.2) is 9.18 Å². The Morgan fingerprint density at radius 3 is 2.70 bits per heavy atom. The van der Waals surface area contributed by atoms with Gasteiger partial charge in [0.25, 0.3) is 0 Å². The van der Waals surface area contributed by atoms with Gasteiger partial charge in [0.2, 0.25) is 0 Å². The van der Waals surface area contributed by atoms with Gasteiger partial charge < -0.3 is 9.64 Å². The Labute approximate surface area is 218 Å². The first-order valence-electron chi connectivity index (χ1n) is 13.1. The molecular formula is C29H36FN5O2. The second-order valence-electron chi connectivity index (χ2n) is 10.5. The van der Waals surface area contributed by atoms with E-state index in [9.17, 15) is 9.18 Å². The minimum absolute atomic E-state index is 0.0163. The number of rotatable bonds is 8. The average Bonchev–Trinajstić information content (AvgIpc) is 3.55. The number of aryl methyl sites for hydroxylation is 1. The van der Waals surface area contributed by atoms with Crippen molar-refractivity contribution in [3.8, 4) is 5.75 Å². The highest BCUT2D eigenvalue weighted by molar-refractivity contribution is 5.97. The van der Waals surface area contributed by atoms with Crippen molar-refractivity contribution in [2.24, 2.45) is 0 Å². The van der Waals surface area contributed by atoms with E-state index in [0.29, 0.717) is 18.8 Å². The number of urea groups is 1. The average molecular weight is 506 g/mol. The van der Waals surface area contributed by atoms with E-state index < -0.39 is 5.54 Å². The smallest absolute Gasteiger partial charge is 0.325 e. The molecule has 0 saturated carbocycles. The maximum atomic E-state index is 14.5. The Morgan fingerprint density at radius 2 is 1.97 bits per heavy atom. The van der Waals surface area contributed by atoms with Crippen LogP contribution >= 0.6 is 0 Å². The number of para-hydroxylation sites is 1. The molecule has 2 saturated heterocycles. The van der Waals surface area contributed by atoms with Gasteiger partial charge in [-0.15, -0.1) is 0 Å². The van der Waals surface area contributed by atoms with Crippen LogP contribution in [-0.2, 0) is 13.1 Å². The second kappa shape index (κ2) is 10.2. The number of methoxy groups -OCH3 is 1. The first-order chi connectivity index (χ1) is 17.9. The quantitative estimate of drug-likeness (QED) is 0.426. The lowest BCUT2D eigenvalue weighted by Gasteiger charge is -2.38. The molecule has 0 N–H and O–H groups in total. The molecule has 2 atom stereocenters. The standard InChI is InChI=1S/C29H36FN5O2/c1-5-13-33-17-22(15-31-33)16-32-18-26(25-11-6-7-12-27(25)37-4)29(19-32)20-34(21(2)3)28(36)35(29)24-10-8-9-23(30)14-24/h6-12,14-15,17,21,26H,5,13,16,18-20H2,1-4H3/t26?,29-/m1/s1. The van der Waals surface area contributed by atoms with Crippen molar-refractivity contribution in [2.45, 2.75) is 57.8 Å². The Balaban J connectivity index is 1.60. The molecule has 2 fully saturated rings. The van der Waals surface area contributed by atoms with E-state index >= 15 is 0 Å². The number of anilines is 1. The van der Waals surface area contributed by atoms with Gasteiger partial charge in [-0.3, -0.25) is 14.5 Å². The maximum absolute atomic E-state index is 14.5. The van der Waals surface area contributed by atoms with Crippen LogP contribution in [0.2, 0.25) is 0 Å². The van der Waals surface area contributed by atoms with E-state index in [-0.39, 0.29) is 23.8 Å². The predicted octanol–water partition coefficient (Wildman–Crippen LogP) is 5.13.